The minimum Gasteiger partial charge on any atom is -0.481 e. The standard InChI is InChI=1S/C8H8N2O4S.C8H9NO4.C6H5NO4.C3H9NO.C2H5NO2/c11-6-3-4-7(12)10(6)5-1-2-8(13)14-9-15;10-6-3-4-7(11)9(6)5-1-2-8(12)13;1-11-6(10)7-4(8)2-3-5(7)9;1-2-5-3-4;1-5-2(3)4/h3-4H,1-2,5H2;3-4H,1-2,5H2,(H,12,13);2-3H,1H3;2-4H2,1H3;1H3,(H2,3,4). The van der Waals surface area contributed by atoms with Crippen molar-refractivity contribution in [3.8, 4) is 0 Å². The van der Waals surface area contributed by atoms with Crippen molar-refractivity contribution in [3.63, 3.8) is 0 Å². The summed E-state index contributed by atoms with van der Waals surface area (Å²) in [6.07, 6.45) is 5.75. The molecule has 3 aliphatic rings. The van der Waals surface area contributed by atoms with Crippen molar-refractivity contribution >= 4 is 72.0 Å². The number of hydrogen-bond acceptors (Lipinski definition) is 17. The van der Waals surface area contributed by atoms with Gasteiger partial charge in [-0.1, -0.05) is 0 Å². The Kier molecular flexibility index (Phi) is 24.4. The van der Waals surface area contributed by atoms with Gasteiger partial charge < -0.3 is 35.6 Å². The second-order valence-electron chi connectivity index (χ2n) is 8.46. The highest BCUT2D eigenvalue weighted by Crippen LogP contribution is 2.07. The molecule has 3 rings (SSSR count). The lowest BCUT2D eigenvalue weighted by atomic mass is 10.3. The predicted octanol–water partition coefficient (Wildman–Crippen LogP) is -1.02. The first kappa shape index (κ1) is 45.4. The van der Waals surface area contributed by atoms with Gasteiger partial charge in [0.05, 0.1) is 33.4 Å². The van der Waals surface area contributed by atoms with Gasteiger partial charge in [0.1, 0.15) is 0 Å². The Morgan fingerprint density at radius 1 is 0.755 bits per heavy atom. The van der Waals surface area contributed by atoms with Crippen molar-refractivity contribution < 1.29 is 72.1 Å². The number of amides is 8. The lowest BCUT2D eigenvalue weighted by molar-refractivity contribution is -0.144. The summed E-state index contributed by atoms with van der Waals surface area (Å²) in [5.74, 6) is -4.28. The van der Waals surface area contributed by atoms with E-state index in [9.17, 15) is 47.9 Å². The largest absolute Gasteiger partial charge is 0.481 e. The predicted molar refractivity (Wildman–Crippen MR) is 164 cm³/mol. The van der Waals surface area contributed by atoms with Crippen molar-refractivity contribution in [1.82, 2.24) is 14.7 Å². The van der Waals surface area contributed by atoms with Crippen LogP contribution in [0.25, 0.3) is 0 Å². The summed E-state index contributed by atoms with van der Waals surface area (Å²) in [5.41, 5.74) is 9.35. The number of carbonyl (C=O) groups is 10. The van der Waals surface area contributed by atoms with Gasteiger partial charge in [-0.3, -0.25) is 43.4 Å². The zero-order chi connectivity index (χ0) is 37.9. The first-order valence-electron chi connectivity index (χ1n) is 13.7. The molecule has 0 bridgehead atoms. The molecule has 0 aromatic heterocycles. The second-order valence-corrected chi connectivity index (χ2v) is 8.61. The molecule has 8 amide bonds. The summed E-state index contributed by atoms with van der Waals surface area (Å²) in [6, 6.07) is 0. The third-order valence-electron chi connectivity index (χ3n) is 5.16. The van der Waals surface area contributed by atoms with Gasteiger partial charge in [0.15, 0.2) is 0 Å². The monoisotopic (exact) mass is 716 g/mol. The minimum atomic E-state index is -0.954. The third kappa shape index (κ3) is 20.2. The zero-order valence-corrected chi connectivity index (χ0v) is 27.5. The highest BCUT2D eigenvalue weighted by atomic mass is 32.1. The van der Waals surface area contributed by atoms with Crippen molar-refractivity contribution in [1.29, 1.82) is 0 Å². The molecule has 0 saturated heterocycles. The molecule has 21 nitrogen and oxygen atoms in total. The Balaban J connectivity index is 0. The SMILES string of the molecule is CCOCN.COC(=O)N1C(=O)C=CC1=O.COC(N)=O.O=C(CCCN1C(=O)C=CC1=O)ON=S.O=C(O)CCCN1C(=O)C=CC1=O. The average molecular weight is 717 g/mol. The molecule has 0 aromatic rings. The molecule has 0 saturated carbocycles. The number of carboxylic acid groups (broad SMARTS) is 1. The van der Waals surface area contributed by atoms with E-state index in [2.05, 4.69) is 41.7 Å². The number of carboxylic acids is 1. The normalized spacial score (nSPS) is 13.7. The Labute approximate surface area is 284 Å². The first-order chi connectivity index (χ1) is 23.1. The fourth-order valence-corrected chi connectivity index (χ4v) is 3.03. The number of nitrogens with zero attached hydrogens (tertiary/aromatic N) is 4. The van der Waals surface area contributed by atoms with E-state index in [4.69, 9.17) is 10.8 Å². The molecule has 0 radical (unpaired) electrons. The highest BCUT2D eigenvalue weighted by molar-refractivity contribution is 7.47. The smallest absolute Gasteiger partial charge is 0.423 e. The fourth-order valence-electron chi connectivity index (χ4n) is 2.95. The van der Waals surface area contributed by atoms with Crippen LogP contribution in [0.1, 0.15) is 32.6 Å². The van der Waals surface area contributed by atoms with Crippen LogP contribution >= 0.6 is 0 Å². The molecule has 5 N–H and O–H groups in total. The molecule has 0 fully saturated rings. The molecular weight excluding hydrogens is 680 g/mol. The van der Waals surface area contributed by atoms with Crippen LogP contribution in [0.3, 0.4) is 0 Å². The van der Waals surface area contributed by atoms with Crippen LogP contribution in [0, 0.1) is 0 Å². The van der Waals surface area contributed by atoms with Crippen LogP contribution in [0.15, 0.2) is 41.0 Å². The Morgan fingerprint density at radius 2 is 1.14 bits per heavy atom. The Hall–Kier alpha value is -5.74. The van der Waals surface area contributed by atoms with Crippen molar-refractivity contribution in [2.45, 2.75) is 32.6 Å². The Morgan fingerprint density at radius 3 is 1.43 bits per heavy atom. The van der Waals surface area contributed by atoms with Crippen molar-refractivity contribution in [3.05, 3.63) is 36.5 Å². The van der Waals surface area contributed by atoms with Gasteiger partial charge in [-0.05, 0) is 24.3 Å². The number of primary amides is 1. The molecule has 270 valence electrons. The van der Waals surface area contributed by atoms with E-state index in [1.165, 1.54) is 31.4 Å². The number of hydrogen-bond donors (Lipinski definition) is 3. The van der Waals surface area contributed by atoms with Crippen LogP contribution in [0.2, 0.25) is 0 Å². The quantitative estimate of drug-likeness (QED) is 0.131. The summed E-state index contributed by atoms with van der Waals surface area (Å²) < 4.78 is 15.5. The number of nitrogens with two attached hydrogens (primary N) is 2. The second kappa shape index (κ2) is 26.3. The summed E-state index contributed by atoms with van der Waals surface area (Å²) in [6.45, 7) is 3.34. The van der Waals surface area contributed by atoms with E-state index in [1.807, 2.05) is 6.92 Å². The van der Waals surface area contributed by atoms with E-state index in [0.29, 0.717) is 24.5 Å². The van der Waals surface area contributed by atoms with Crippen LogP contribution in [-0.4, -0.2) is 120 Å². The number of ether oxygens (including phenoxy) is 3. The molecule has 0 aliphatic carbocycles. The lowest BCUT2D eigenvalue weighted by Gasteiger charge is -2.12. The van der Waals surface area contributed by atoms with E-state index in [0.717, 1.165) is 35.7 Å². The number of aliphatic carboxylic acids is 1. The summed E-state index contributed by atoms with van der Waals surface area (Å²) in [4.78, 5) is 113. The van der Waals surface area contributed by atoms with E-state index in [1.54, 1.807) is 0 Å². The highest BCUT2D eigenvalue weighted by Gasteiger charge is 2.30. The van der Waals surface area contributed by atoms with E-state index < -0.39 is 35.9 Å². The maximum Gasteiger partial charge on any atom is 0.423 e. The van der Waals surface area contributed by atoms with Gasteiger partial charge in [-0.2, -0.15) is 4.90 Å². The van der Waals surface area contributed by atoms with E-state index >= 15 is 0 Å². The van der Waals surface area contributed by atoms with E-state index in [-0.39, 0.29) is 49.6 Å². The van der Waals surface area contributed by atoms with Crippen LogP contribution in [-0.2, 0) is 69.8 Å². The number of rotatable bonds is 11. The third-order valence-corrected chi connectivity index (χ3v) is 5.24. The Bertz CT molecular complexity index is 1280. The zero-order valence-electron chi connectivity index (χ0n) is 26.6. The maximum atomic E-state index is 11.1. The average Bonchev–Trinajstić information content (AvgIpc) is 3.68. The minimum absolute atomic E-state index is 0.0307. The molecule has 22 heteroatoms. The number of methoxy groups -OCH3 is 2. The molecule has 3 aliphatic heterocycles. The molecule has 0 aromatic carbocycles. The molecule has 0 unspecified atom stereocenters. The molecule has 0 atom stereocenters. The summed E-state index contributed by atoms with van der Waals surface area (Å²) in [5, 5.41) is 8.32. The number of carbonyl (C=O) groups excluding carboxylic acids is 9. The van der Waals surface area contributed by atoms with Gasteiger partial charge in [-0.15, -0.1) is 0 Å². The van der Waals surface area contributed by atoms with Crippen LogP contribution < -0.4 is 11.5 Å². The fraction of sp³-hybridized carbons (Fsp3) is 0.407. The van der Waals surface area contributed by atoms with Gasteiger partial charge in [-0.25, -0.2) is 14.4 Å². The van der Waals surface area contributed by atoms with Crippen molar-refractivity contribution in [2.24, 2.45) is 16.0 Å². The van der Waals surface area contributed by atoms with Crippen molar-refractivity contribution in [2.75, 3.05) is 40.6 Å². The molecule has 0 spiro atoms. The molecule has 49 heavy (non-hydrogen) atoms. The molecular formula is C27H36N6O15S. The van der Waals surface area contributed by atoms with Gasteiger partial charge in [0, 0.05) is 69.0 Å². The maximum absolute atomic E-state index is 11.1. The van der Waals surface area contributed by atoms with Gasteiger partial charge >= 0.3 is 24.1 Å². The van der Waals surface area contributed by atoms with Gasteiger partial charge in [0.25, 0.3) is 35.4 Å². The topological polar surface area (TPSA) is 302 Å². The number of imide groups is 5. The van der Waals surface area contributed by atoms with Crippen LogP contribution in [0.4, 0.5) is 9.59 Å². The molecule has 3 heterocycles. The van der Waals surface area contributed by atoms with Gasteiger partial charge in [0.2, 0.25) is 0 Å². The first-order valence-corrected chi connectivity index (χ1v) is 14.0. The lowest BCUT2D eigenvalue weighted by Crippen LogP contribution is -2.35. The summed E-state index contributed by atoms with van der Waals surface area (Å²) in [7, 11) is 2.32. The van der Waals surface area contributed by atoms with Crippen LogP contribution in [0.5, 0.6) is 0 Å². The summed E-state index contributed by atoms with van der Waals surface area (Å²) >= 11 is 4.08.